The summed E-state index contributed by atoms with van der Waals surface area (Å²) in [6, 6.07) is 4.77. The second-order valence-corrected chi connectivity index (χ2v) is 10.9. The summed E-state index contributed by atoms with van der Waals surface area (Å²) in [5.41, 5.74) is -3.58. The van der Waals surface area contributed by atoms with E-state index in [1.807, 2.05) is 0 Å². The molecule has 0 fully saturated rings. The molecule has 0 unspecified atom stereocenters. The van der Waals surface area contributed by atoms with E-state index < -0.39 is 15.6 Å². The zero-order valence-corrected chi connectivity index (χ0v) is 16.9. The molecule has 0 atom stereocenters. The van der Waals surface area contributed by atoms with Crippen molar-refractivity contribution in [1.82, 2.24) is 0 Å². The van der Waals surface area contributed by atoms with Crippen LogP contribution in [0.25, 0.3) is 0 Å². The van der Waals surface area contributed by atoms with Gasteiger partial charge in [0.1, 0.15) is 0 Å². The fourth-order valence-electron chi connectivity index (χ4n) is 1.37. The molecule has 3 nitrogen and oxygen atoms in total. The molecule has 0 radical (unpaired) electrons. The van der Waals surface area contributed by atoms with Crippen LogP contribution in [-0.4, -0.2) is 33.0 Å². The predicted molar refractivity (Wildman–Crippen MR) is 85.7 cm³/mol. The maximum absolute atomic E-state index is 10.7. The number of aryl methyl sites for hydroxylation is 1. The Bertz CT molecular complexity index is 607. The van der Waals surface area contributed by atoms with Crippen LogP contribution in [0.15, 0.2) is 12.1 Å². The maximum atomic E-state index is 10.7. The van der Waals surface area contributed by atoms with Crippen molar-refractivity contribution in [3.63, 3.8) is 0 Å². The Morgan fingerprint density at radius 3 is 1.35 bits per heavy atom. The molecule has 1 rings (SSSR count). The number of rotatable bonds is 0. The van der Waals surface area contributed by atoms with Gasteiger partial charge in [0.15, 0.2) is 10.1 Å². The molecule has 1 heterocycles. The van der Waals surface area contributed by atoms with Gasteiger partial charge in [0.05, 0.1) is 0 Å². The number of alkyl halides is 3. The fraction of sp³-hybridized carbons (Fsp3) is 0.667. The van der Waals surface area contributed by atoms with E-state index in [1.165, 1.54) is 5.56 Å². The smallest absolute Gasteiger partial charge is 0.485 e. The zero-order valence-electron chi connectivity index (χ0n) is 14.3. The third-order valence-electron chi connectivity index (χ3n) is 2.70. The van der Waals surface area contributed by atoms with Crippen LogP contribution in [0.3, 0.4) is 0 Å². The number of halogens is 3. The third-order valence-corrected chi connectivity index (χ3v) is 7.25. The van der Waals surface area contributed by atoms with Gasteiger partial charge < -0.3 is 4.55 Å². The van der Waals surface area contributed by atoms with Gasteiger partial charge in [-0.1, -0.05) is 0 Å². The second-order valence-electron chi connectivity index (χ2n) is 7.26. The van der Waals surface area contributed by atoms with E-state index >= 15 is 0 Å². The fourth-order valence-corrected chi connectivity index (χ4v) is 4.18. The summed E-state index contributed by atoms with van der Waals surface area (Å²) < 4.78 is 62.2. The molecule has 0 aromatic carbocycles. The Morgan fingerprint density at radius 2 is 1.17 bits per heavy atom. The van der Waals surface area contributed by atoms with E-state index in [0.717, 1.165) is 0 Å². The van der Waals surface area contributed by atoms with Gasteiger partial charge in [-0.25, -0.2) is 8.42 Å². The van der Waals surface area contributed by atoms with E-state index in [1.54, 1.807) is 8.87 Å². The monoisotopic (exact) mass is 420 g/mol. The first kappa shape index (κ1) is 22.6. The minimum atomic E-state index is -6.09. The predicted octanol–water partition coefficient (Wildman–Crippen LogP) is 3.98. The molecule has 0 saturated carbocycles. The number of hydrogen-bond acceptors (Lipinski definition) is 3. The Morgan fingerprint density at radius 1 is 0.913 bits per heavy atom. The molecule has 134 valence electrons. The largest absolute Gasteiger partial charge is 0.741 e. The molecular weight excluding hydrogens is 396 g/mol. The van der Waals surface area contributed by atoms with Gasteiger partial charge in [-0.2, -0.15) is 13.2 Å². The normalized spacial score (nSPS) is 13.3. The maximum Gasteiger partial charge on any atom is 0.485 e. The summed E-state index contributed by atoms with van der Waals surface area (Å²) in [4.78, 5) is 0. The van der Waals surface area contributed by atoms with Crippen LogP contribution in [0, 0.1) is 6.92 Å². The summed E-state index contributed by atoms with van der Waals surface area (Å²) in [5.74, 6) is 0. The van der Waals surface area contributed by atoms with Gasteiger partial charge in [0.2, 0.25) is 0 Å². The van der Waals surface area contributed by atoms with Gasteiger partial charge in [-0.3, -0.25) is 0 Å². The molecule has 8 heteroatoms. The van der Waals surface area contributed by atoms with Crippen molar-refractivity contribution in [2.45, 2.75) is 64.8 Å². The second kappa shape index (κ2) is 7.21. The molecule has 1 aromatic rings. The molecule has 0 saturated heterocycles. The van der Waals surface area contributed by atoms with E-state index in [-0.39, 0.29) is 0 Å². The molecule has 0 aliphatic rings. The van der Waals surface area contributed by atoms with Crippen molar-refractivity contribution in [2.24, 2.45) is 0 Å². The van der Waals surface area contributed by atoms with E-state index in [2.05, 4.69) is 60.6 Å². The molecule has 0 aliphatic carbocycles. The Kier molecular flexibility index (Phi) is 7.08. The van der Waals surface area contributed by atoms with Gasteiger partial charge in [-0.05, 0) is 0 Å². The van der Waals surface area contributed by atoms with Crippen LogP contribution in [0.2, 0.25) is 0 Å². The Labute approximate surface area is 142 Å². The van der Waals surface area contributed by atoms with Gasteiger partial charge in [0, 0.05) is 0 Å². The number of hydrogen-bond donors (Lipinski definition) is 0. The first-order valence-corrected chi connectivity index (χ1v) is 9.96. The molecule has 23 heavy (non-hydrogen) atoms. The van der Waals surface area contributed by atoms with Crippen molar-refractivity contribution in [1.29, 1.82) is 0 Å². The van der Waals surface area contributed by atoms with E-state index in [0.29, 0.717) is 25.3 Å². The molecule has 0 bridgehead atoms. The summed E-state index contributed by atoms with van der Waals surface area (Å²) in [6.45, 7) is 16.1. The van der Waals surface area contributed by atoms with Crippen LogP contribution < -0.4 is 0 Å². The van der Waals surface area contributed by atoms with E-state index in [9.17, 15) is 13.2 Å². The molecule has 0 aliphatic heterocycles. The molecule has 0 spiro atoms. The van der Waals surface area contributed by atoms with Crippen molar-refractivity contribution < 1.29 is 26.1 Å². The molecule has 1 aromatic heterocycles. The van der Waals surface area contributed by atoms with Crippen molar-refractivity contribution in [2.75, 3.05) is 0 Å². The van der Waals surface area contributed by atoms with Crippen molar-refractivity contribution in [3.05, 3.63) is 26.6 Å². The molecule has 0 amide bonds. The van der Waals surface area contributed by atoms with Gasteiger partial charge in [-0.15, -0.1) is 0 Å². The van der Waals surface area contributed by atoms with E-state index in [4.69, 9.17) is 13.0 Å². The van der Waals surface area contributed by atoms with Crippen molar-refractivity contribution in [3.8, 4) is 0 Å². The first-order chi connectivity index (χ1) is 9.85. The van der Waals surface area contributed by atoms with Gasteiger partial charge >= 0.3 is 106 Å². The zero-order chi connectivity index (χ0) is 18.9. The summed E-state index contributed by atoms with van der Waals surface area (Å²) in [6.07, 6.45) is 0. The Balaban J connectivity index is 0.000000515. The van der Waals surface area contributed by atoms with Crippen LogP contribution >= 0.6 is 0 Å². The summed E-state index contributed by atoms with van der Waals surface area (Å²) in [7, 11) is -6.09. The SMILES string of the molecule is Cc1cc(C(C)(C)C)[se+]c(C(C)(C)C)c1.O=S(=O)([O-])C(F)(F)F. The Hall–Kier alpha value is -0.431. The van der Waals surface area contributed by atoms with Crippen LogP contribution in [-0.2, 0) is 20.9 Å². The quantitative estimate of drug-likeness (QED) is 0.363. The van der Waals surface area contributed by atoms with Crippen LogP contribution in [0.5, 0.6) is 0 Å². The first-order valence-electron chi connectivity index (χ1n) is 6.83. The molecule has 0 N–H and O–H groups in total. The summed E-state index contributed by atoms with van der Waals surface area (Å²) >= 11 is 0.538. The van der Waals surface area contributed by atoms with Gasteiger partial charge in [0.25, 0.3) is 0 Å². The standard InChI is InChI=1S/C14H23Se.CHF3O3S/c1-10-8-11(13(2,3)4)15-12(9-10)14(5,6)7;2-1(3,4)8(5,6)7/h8-9H,1-7H3;(H,5,6,7)/q+1;/p-1. The van der Waals surface area contributed by atoms with Crippen LogP contribution in [0.4, 0.5) is 13.2 Å². The topological polar surface area (TPSA) is 57.2 Å². The summed E-state index contributed by atoms with van der Waals surface area (Å²) in [5, 5.41) is 0. The average molecular weight is 419 g/mol. The molecular formula is C15H23F3O3SSe. The average Bonchev–Trinajstić information content (AvgIpc) is 2.23. The minimum Gasteiger partial charge on any atom is -0.741 e. The minimum absolute atomic E-state index is 0.325. The van der Waals surface area contributed by atoms with Crippen LogP contribution in [0.1, 0.15) is 56.0 Å². The third kappa shape index (κ3) is 7.79. The van der Waals surface area contributed by atoms with Crippen molar-refractivity contribution >= 4 is 24.6 Å².